The molecule has 0 fully saturated rings. The lowest BCUT2D eigenvalue weighted by atomic mass is 10.5. The first-order valence-corrected chi connectivity index (χ1v) is 8.29. The molecule has 0 radical (unpaired) electrons. The summed E-state index contributed by atoms with van der Waals surface area (Å²) in [6.07, 6.45) is 0.468. The molecule has 0 aliphatic heterocycles. The van der Waals surface area contributed by atoms with Gasteiger partial charge in [-0.25, -0.2) is 8.42 Å². The fourth-order valence-electron chi connectivity index (χ4n) is 1.43. The topological polar surface area (TPSA) is 67.6 Å². The Labute approximate surface area is 123 Å². The fourth-order valence-corrected chi connectivity index (χ4v) is 4.07. The van der Waals surface area contributed by atoms with E-state index in [9.17, 15) is 13.2 Å². The van der Waals surface area contributed by atoms with Crippen molar-refractivity contribution in [1.82, 2.24) is 4.31 Å². The van der Waals surface area contributed by atoms with Crippen molar-refractivity contribution in [2.45, 2.75) is 11.6 Å². The van der Waals surface area contributed by atoms with Gasteiger partial charge in [0.05, 0.1) is 0 Å². The molecule has 0 saturated heterocycles. The lowest BCUT2D eigenvalue weighted by Gasteiger charge is -2.14. The predicted molar refractivity (Wildman–Crippen MR) is 74.8 cm³/mol. The number of nitrogens with zero attached hydrogens (tertiary/aromatic N) is 1. The van der Waals surface area contributed by atoms with Crippen LogP contribution in [0.1, 0.15) is 15.4 Å². The van der Waals surface area contributed by atoms with Gasteiger partial charge < -0.3 is 4.42 Å². The lowest BCUT2D eigenvalue weighted by molar-refractivity contribution is 0.109. The van der Waals surface area contributed by atoms with Crippen molar-refractivity contribution >= 4 is 43.6 Å². The number of rotatable bonds is 5. The third-order valence-corrected chi connectivity index (χ3v) is 5.74. The van der Waals surface area contributed by atoms with Crippen LogP contribution in [-0.2, 0) is 16.6 Å². The van der Waals surface area contributed by atoms with E-state index < -0.39 is 10.0 Å². The molecule has 0 amide bonds. The molecule has 0 aliphatic rings. The maximum atomic E-state index is 12.2. The molecule has 0 N–H and O–H groups in total. The summed E-state index contributed by atoms with van der Waals surface area (Å²) in [5.74, 6) is -0.00848. The molecule has 0 atom stereocenters. The van der Waals surface area contributed by atoms with E-state index in [4.69, 9.17) is 4.42 Å². The van der Waals surface area contributed by atoms with E-state index in [0.29, 0.717) is 6.29 Å². The van der Waals surface area contributed by atoms with Gasteiger partial charge in [-0.3, -0.25) is 4.79 Å². The average Bonchev–Trinajstić information content (AvgIpc) is 2.98. The van der Waals surface area contributed by atoms with Crippen LogP contribution in [0, 0.1) is 0 Å². The van der Waals surface area contributed by atoms with Gasteiger partial charge in [-0.1, -0.05) is 0 Å². The minimum atomic E-state index is -3.72. The Morgan fingerprint density at radius 2 is 2.21 bits per heavy atom. The molecule has 2 heterocycles. The maximum absolute atomic E-state index is 12.2. The number of halogens is 1. The second-order valence-electron chi connectivity index (χ2n) is 3.77. The quantitative estimate of drug-likeness (QED) is 0.765. The van der Waals surface area contributed by atoms with Crippen molar-refractivity contribution in [3.63, 3.8) is 0 Å². The highest BCUT2D eigenvalue weighted by atomic mass is 79.9. The molecule has 0 aromatic carbocycles. The molecule has 0 bridgehead atoms. The summed E-state index contributed by atoms with van der Waals surface area (Å²) in [5.41, 5.74) is 0. The number of aldehydes is 1. The van der Waals surface area contributed by atoms with Gasteiger partial charge in [0, 0.05) is 28.3 Å². The van der Waals surface area contributed by atoms with E-state index in [1.807, 2.05) is 11.4 Å². The second-order valence-corrected chi connectivity index (χ2v) is 7.65. The summed E-state index contributed by atoms with van der Waals surface area (Å²) in [6.45, 7) is 0.246. The van der Waals surface area contributed by atoms with Crippen molar-refractivity contribution in [3.05, 3.63) is 38.7 Å². The Morgan fingerprint density at radius 3 is 2.74 bits per heavy atom. The smallest absolute Gasteiger partial charge is 0.276 e. The predicted octanol–water partition coefficient (Wildman–Crippen LogP) is 2.74. The molecule has 102 valence electrons. The molecule has 19 heavy (non-hydrogen) atoms. The highest BCUT2D eigenvalue weighted by Gasteiger charge is 2.25. The van der Waals surface area contributed by atoms with Crippen molar-refractivity contribution in [3.8, 4) is 0 Å². The Balaban J connectivity index is 2.21. The Bertz CT molecular complexity index is 689. The van der Waals surface area contributed by atoms with Gasteiger partial charge in [-0.2, -0.15) is 4.31 Å². The SMILES string of the molecule is CN(Cc1cc(Br)cs1)S(=O)(=O)c1ccc(C=O)o1. The van der Waals surface area contributed by atoms with Crippen LogP contribution in [0.15, 0.2) is 37.6 Å². The number of sulfonamides is 1. The number of thiophene rings is 1. The zero-order valence-electron chi connectivity index (χ0n) is 9.87. The summed E-state index contributed by atoms with van der Waals surface area (Å²) in [7, 11) is -2.25. The summed E-state index contributed by atoms with van der Waals surface area (Å²) < 4.78 is 31.4. The Morgan fingerprint density at radius 1 is 1.47 bits per heavy atom. The van der Waals surface area contributed by atoms with E-state index in [1.165, 1.54) is 34.8 Å². The molecule has 8 heteroatoms. The third kappa shape index (κ3) is 3.14. The van der Waals surface area contributed by atoms with E-state index >= 15 is 0 Å². The molecule has 0 saturated carbocycles. The molecule has 0 aliphatic carbocycles. The number of carbonyl (C=O) groups excluding carboxylic acids is 1. The zero-order chi connectivity index (χ0) is 14.0. The Hall–Kier alpha value is -0.960. The molecule has 0 spiro atoms. The number of carbonyl (C=O) groups is 1. The monoisotopic (exact) mass is 363 g/mol. The van der Waals surface area contributed by atoms with Crippen LogP contribution in [0.5, 0.6) is 0 Å². The first kappa shape index (κ1) is 14.4. The van der Waals surface area contributed by atoms with Gasteiger partial charge in [-0.15, -0.1) is 11.3 Å². The van der Waals surface area contributed by atoms with Crippen molar-refractivity contribution < 1.29 is 17.6 Å². The van der Waals surface area contributed by atoms with Gasteiger partial charge in [0.15, 0.2) is 12.0 Å². The average molecular weight is 364 g/mol. The molecule has 2 rings (SSSR count). The molecule has 2 aromatic heterocycles. The summed E-state index contributed by atoms with van der Waals surface area (Å²) in [4.78, 5) is 11.4. The molecular weight excluding hydrogens is 354 g/mol. The summed E-state index contributed by atoms with van der Waals surface area (Å²) in [5, 5.41) is 1.65. The van der Waals surface area contributed by atoms with E-state index in [1.54, 1.807) is 0 Å². The van der Waals surface area contributed by atoms with Crippen LogP contribution < -0.4 is 0 Å². The molecule has 5 nitrogen and oxygen atoms in total. The molecule has 2 aromatic rings. The minimum absolute atomic E-state index is 0.00848. The van der Waals surface area contributed by atoms with Crippen LogP contribution in [0.4, 0.5) is 0 Å². The maximum Gasteiger partial charge on any atom is 0.276 e. The number of hydrogen-bond donors (Lipinski definition) is 0. The molecular formula is C11H10BrNO4S2. The van der Waals surface area contributed by atoms with Gasteiger partial charge >= 0.3 is 0 Å². The van der Waals surface area contributed by atoms with Gasteiger partial charge in [0.1, 0.15) is 0 Å². The normalized spacial score (nSPS) is 11.9. The standard InChI is InChI=1S/C11H10BrNO4S2/c1-13(5-10-4-8(12)7-18-10)19(15,16)11-3-2-9(6-14)17-11/h2-4,6-7H,5H2,1H3. The second kappa shape index (κ2) is 5.58. The van der Waals surface area contributed by atoms with Crippen molar-refractivity contribution in [1.29, 1.82) is 0 Å². The van der Waals surface area contributed by atoms with Gasteiger partial charge in [0.25, 0.3) is 10.0 Å². The fraction of sp³-hybridized carbons (Fsp3) is 0.182. The van der Waals surface area contributed by atoms with Crippen LogP contribution in [0.2, 0.25) is 0 Å². The van der Waals surface area contributed by atoms with E-state index in [-0.39, 0.29) is 17.4 Å². The van der Waals surface area contributed by atoms with Crippen molar-refractivity contribution in [2.75, 3.05) is 7.05 Å². The first-order chi connectivity index (χ1) is 8.93. The van der Waals surface area contributed by atoms with Crippen LogP contribution in [0.25, 0.3) is 0 Å². The zero-order valence-corrected chi connectivity index (χ0v) is 13.1. The lowest BCUT2D eigenvalue weighted by Crippen LogP contribution is -2.25. The molecule has 0 unspecified atom stereocenters. The third-order valence-electron chi connectivity index (χ3n) is 2.38. The van der Waals surface area contributed by atoms with Crippen LogP contribution in [0.3, 0.4) is 0 Å². The number of furan rings is 1. The van der Waals surface area contributed by atoms with E-state index in [0.717, 1.165) is 9.35 Å². The highest BCUT2D eigenvalue weighted by molar-refractivity contribution is 9.10. The first-order valence-electron chi connectivity index (χ1n) is 5.18. The summed E-state index contributed by atoms with van der Waals surface area (Å²) in [6, 6.07) is 4.46. The van der Waals surface area contributed by atoms with E-state index in [2.05, 4.69) is 15.9 Å². The van der Waals surface area contributed by atoms with Crippen LogP contribution >= 0.6 is 27.3 Å². The van der Waals surface area contributed by atoms with Gasteiger partial charge in [0.2, 0.25) is 5.09 Å². The van der Waals surface area contributed by atoms with Crippen LogP contribution in [-0.4, -0.2) is 26.1 Å². The highest BCUT2D eigenvalue weighted by Crippen LogP contribution is 2.24. The van der Waals surface area contributed by atoms with Gasteiger partial charge in [-0.05, 0) is 34.1 Å². The number of hydrogen-bond acceptors (Lipinski definition) is 5. The minimum Gasteiger partial charge on any atom is -0.440 e. The largest absolute Gasteiger partial charge is 0.440 e. The Kier molecular flexibility index (Phi) is 4.24. The van der Waals surface area contributed by atoms with Crippen molar-refractivity contribution in [2.24, 2.45) is 0 Å². The summed E-state index contributed by atoms with van der Waals surface area (Å²) >= 11 is 4.77.